The van der Waals surface area contributed by atoms with Gasteiger partial charge in [0.25, 0.3) is 0 Å². The molecule has 142 valence electrons. The monoisotopic (exact) mass is 338 g/mol. The van der Waals surface area contributed by atoms with Gasteiger partial charge in [0.15, 0.2) is 0 Å². The van der Waals surface area contributed by atoms with Crippen LogP contribution in [0.5, 0.6) is 0 Å². The third kappa shape index (κ3) is 16.1. The van der Waals surface area contributed by atoms with Gasteiger partial charge in [0.2, 0.25) is 0 Å². The van der Waals surface area contributed by atoms with Gasteiger partial charge in [-0.15, -0.1) is 0 Å². The lowest BCUT2D eigenvalue weighted by Gasteiger charge is -2.04. The molecule has 0 unspecified atom stereocenters. The molecule has 0 heterocycles. The Morgan fingerprint density at radius 2 is 1.00 bits per heavy atom. The maximum atomic E-state index is 10.9. The highest BCUT2D eigenvalue weighted by Gasteiger charge is 2.04. The molecule has 0 saturated heterocycles. The van der Waals surface area contributed by atoms with Gasteiger partial charge in [0.1, 0.15) is 0 Å². The van der Waals surface area contributed by atoms with Crippen molar-refractivity contribution in [1.82, 2.24) is 0 Å². The highest BCUT2D eigenvalue weighted by molar-refractivity contribution is 5.86. The molecule has 0 spiro atoms. The summed E-state index contributed by atoms with van der Waals surface area (Å²) in [6.07, 6.45) is 24.1. The topological polar surface area (TPSA) is 37.3 Å². The maximum Gasteiger partial charge on any atom is 0.331 e. The average molecular weight is 339 g/mol. The largest absolute Gasteiger partial charge is 0.478 e. The molecule has 0 aromatic heterocycles. The average Bonchev–Trinajstić information content (AvgIpc) is 2.57. The molecular formula is C22H42O2. The number of aliphatic carboxylic acids is 1. The van der Waals surface area contributed by atoms with E-state index in [0.717, 1.165) is 12.8 Å². The Hall–Kier alpha value is -0.790. The quantitative estimate of drug-likeness (QED) is 0.206. The molecule has 0 aliphatic carbocycles. The van der Waals surface area contributed by atoms with Crippen LogP contribution in [0.15, 0.2) is 11.6 Å². The van der Waals surface area contributed by atoms with Crippen LogP contribution in [0.3, 0.4) is 0 Å². The van der Waals surface area contributed by atoms with Gasteiger partial charge in [-0.05, 0) is 19.8 Å². The molecule has 0 aromatic rings. The summed E-state index contributed by atoms with van der Waals surface area (Å²) < 4.78 is 0. The molecule has 24 heavy (non-hydrogen) atoms. The van der Waals surface area contributed by atoms with E-state index in [0.29, 0.717) is 5.57 Å². The zero-order valence-corrected chi connectivity index (χ0v) is 16.5. The van der Waals surface area contributed by atoms with Crippen LogP contribution in [0.4, 0.5) is 0 Å². The molecule has 0 aliphatic rings. The van der Waals surface area contributed by atoms with Crippen molar-refractivity contribution in [3.63, 3.8) is 0 Å². The highest BCUT2D eigenvalue weighted by atomic mass is 16.4. The van der Waals surface area contributed by atoms with Crippen LogP contribution in [-0.2, 0) is 4.79 Å². The molecule has 2 heteroatoms. The van der Waals surface area contributed by atoms with Gasteiger partial charge in [-0.25, -0.2) is 4.79 Å². The van der Waals surface area contributed by atoms with E-state index in [4.69, 9.17) is 5.11 Å². The van der Waals surface area contributed by atoms with Crippen molar-refractivity contribution in [1.29, 1.82) is 0 Å². The van der Waals surface area contributed by atoms with Gasteiger partial charge in [0.05, 0.1) is 0 Å². The molecule has 0 bridgehead atoms. The molecule has 0 aromatic carbocycles. The summed E-state index contributed by atoms with van der Waals surface area (Å²) in [6.45, 7) is 4.09. The third-order valence-electron chi connectivity index (χ3n) is 4.92. The Labute approximate surface area is 151 Å². The maximum absolute atomic E-state index is 10.9. The number of rotatable bonds is 18. The SMILES string of the molecule is C/C=C(\CCCCCCCCCCCCCCCCCC)C(=O)O. The molecular weight excluding hydrogens is 296 g/mol. The fraction of sp³-hybridized carbons (Fsp3) is 0.864. The van der Waals surface area contributed by atoms with Crippen LogP contribution in [0.2, 0.25) is 0 Å². The minimum Gasteiger partial charge on any atom is -0.478 e. The Morgan fingerprint density at radius 1 is 0.667 bits per heavy atom. The predicted octanol–water partition coefficient (Wildman–Crippen LogP) is 7.67. The van der Waals surface area contributed by atoms with Crippen LogP contribution in [0.1, 0.15) is 123 Å². The first-order valence-corrected chi connectivity index (χ1v) is 10.6. The molecule has 0 radical (unpaired) electrons. The van der Waals surface area contributed by atoms with Crippen molar-refractivity contribution in [3.8, 4) is 0 Å². The van der Waals surface area contributed by atoms with Crippen LogP contribution < -0.4 is 0 Å². The molecule has 0 fully saturated rings. The molecule has 0 aliphatic heterocycles. The van der Waals surface area contributed by atoms with E-state index < -0.39 is 5.97 Å². The highest BCUT2D eigenvalue weighted by Crippen LogP contribution is 2.15. The molecule has 0 saturated carbocycles. The summed E-state index contributed by atoms with van der Waals surface area (Å²) in [5.41, 5.74) is 0.570. The predicted molar refractivity (Wildman–Crippen MR) is 106 cm³/mol. The fourth-order valence-corrected chi connectivity index (χ4v) is 3.24. The van der Waals surface area contributed by atoms with Gasteiger partial charge < -0.3 is 5.11 Å². The van der Waals surface area contributed by atoms with Gasteiger partial charge in [-0.3, -0.25) is 0 Å². The Morgan fingerprint density at radius 3 is 1.29 bits per heavy atom. The van der Waals surface area contributed by atoms with E-state index in [-0.39, 0.29) is 0 Å². The first-order chi connectivity index (χ1) is 11.7. The standard InChI is InChI=1S/C22H42O2/c1-3-5-6-7-8-9-10-11-12-13-14-15-16-17-18-19-20-21(4-2)22(23)24/h4H,3,5-20H2,1-2H3,(H,23,24)/b21-4+. The van der Waals surface area contributed by atoms with Crippen LogP contribution in [0.25, 0.3) is 0 Å². The molecule has 2 nitrogen and oxygen atoms in total. The third-order valence-corrected chi connectivity index (χ3v) is 4.92. The van der Waals surface area contributed by atoms with E-state index in [1.807, 2.05) is 6.92 Å². The summed E-state index contributed by atoms with van der Waals surface area (Å²) >= 11 is 0. The Balaban J connectivity index is 3.14. The molecule has 0 atom stereocenters. The van der Waals surface area contributed by atoms with E-state index in [1.165, 1.54) is 96.3 Å². The number of carboxylic acids is 1. The first kappa shape index (κ1) is 23.2. The number of hydrogen-bond donors (Lipinski definition) is 1. The Kier molecular flexibility index (Phi) is 17.9. The molecule has 1 N–H and O–H groups in total. The normalized spacial score (nSPS) is 11.8. The zero-order valence-electron chi connectivity index (χ0n) is 16.5. The number of carboxylic acid groups (broad SMARTS) is 1. The summed E-state index contributed by atoms with van der Waals surface area (Å²) in [5, 5.41) is 8.93. The summed E-state index contributed by atoms with van der Waals surface area (Å²) in [4.78, 5) is 10.9. The van der Waals surface area contributed by atoms with Gasteiger partial charge in [-0.1, -0.05) is 109 Å². The van der Waals surface area contributed by atoms with Crippen molar-refractivity contribution in [2.24, 2.45) is 0 Å². The van der Waals surface area contributed by atoms with Crippen LogP contribution >= 0.6 is 0 Å². The van der Waals surface area contributed by atoms with E-state index in [1.54, 1.807) is 6.08 Å². The number of unbranched alkanes of at least 4 members (excludes halogenated alkanes) is 15. The summed E-state index contributed by atoms with van der Waals surface area (Å²) in [5.74, 6) is -0.751. The van der Waals surface area contributed by atoms with Crippen molar-refractivity contribution in [2.75, 3.05) is 0 Å². The molecule has 0 rings (SSSR count). The van der Waals surface area contributed by atoms with E-state index in [9.17, 15) is 4.79 Å². The van der Waals surface area contributed by atoms with Gasteiger partial charge in [0, 0.05) is 5.57 Å². The van der Waals surface area contributed by atoms with Crippen molar-refractivity contribution in [3.05, 3.63) is 11.6 Å². The lowest BCUT2D eigenvalue weighted by atomic mass is 10.0. The van der Waals surface area contributed by atoms with Gasteiger partial charge >= 0.3 is 5.97 Å². The lowest BCUT2D eigenvalue weighted by molar-refractivity contribution is -0.132. The second-order valence-electron chi connectivity index (χ2n) is 7.17. The smallest absolute Gasteiger partial charge is 0.331 e. The van der Waals surface area contributed by atoms with Crippen LogP contribution in [-0.4, -0.2) is 11.1 Å². The van der Waals surface area contributed by atoms with E-state index in [2.05, 4.69) is 6.92 Å². The molecule has 0 amide bonds. The van der Waals surface area contributed by atoms with Crippen LogP contribution in [0, 0.1) is 0 Å². The minimum absolute atomic E-state index is 0.570. The summed E-state index contributed by atoms with van der Waals surface area (Å²) in [6, 6.07) is 0. The number of allylic oxidation sites excluding steroid dienone is 1. The second-order valence-corrected chi connectivity index (χ2v) is 7.17. The first-order valence-electron chi connectivity index (χ1n) is 10.6. The van der Waals surface area contributed by atoms with E-state index >= 15 is 0 Å². The minimum atomic E-state index is -0.751. The number of hydrogen-bond acceptors (Lipinski definition) is 1. The lowest BCUT2D eigenvalue weighted by Crippen LogP contribution is -1.99. The fourth-order valence-electron chi connectivity index (χ4n) is 3.24. The summed E-state index contributed by atoms with van der Waals surface area (Å²) in [7, 11) is 0. The zero-order chi connectivity index (χ0) is 17.9. The second kappa shape index (κ2) is 18.5. The van der Waals surface area contributed by atoms with Crippen molar-refractivity contribution < 1.29 is 9.90 Å². The van der Waals surface area contributed by atoms with Crippen molar-refractivity contribution >= 4 is 5.97 Å². The number of carbonyl (C=O) groups is 1. The Bertz CT molecular complexity index is 307. The van der Waals surface area contributed by atoms with Gasteiger partial charge in [-0.2, -0.15) is 0 Å². The van der Waals surface area contributed by atoms with Crippen molar-refractivity contribution in [2.45, 2.75) is 123 Å².